The van der Waals surface area contributed by atoms with E-state index in [1.54, 1.807) is 24.3 Å². The van der Waals surface area contributed by atoms with E-state index < -0.39 is 11.9 Å². The van der Waals surface area contributed by atoms with Gasteiger partial charge in [-0.15, -0.1) is 0 Å². The molecule has 12 nitrogen and oxygen atoms in total. The van der Waals surface area contributed by atoms with Gasteiger partial charge in [-0.2, -0.15) is 9.98 Å². The van der Waals surface area contributed by atoms with Crippen LogP contribution in [0.2, 0.25) is 0 Å². The number of rotatable bonds is 12. The molecule has 230 valence electrons. The molecule has 12 heteroatoms. The Morgan fingerprint density at radius 1 is 0.762 bits per heavy atom. The molecule has 42 heavy (non-hydrogen) atoms. The number of epoxide rings is 2. The normalized spacial score (nSPS) is 13.2. The first-order valence-electron chi connectivity index (χ1n) is 13.4. The first kappa shape index (κ1) is 38.0. The van der Waals surface area contributed by atoms with Crippen LogP contribution in [0.15, 0.2) is 58.5 Å². The van der Waals surface area contributed by atoms with Crippen molar-refractivity contribution in [1.29, 1.82) is 0 Å². The second-order valence-electron chi connectivity index (χ2n) is 8.82. The predicted octanol–water partition coefficient (Wildman–Crippen LogP) is 4.10. The maximum atomic E-state index is 10.1. The molecular weight excluding hydrogens is 548 g/mol. The maximum absolute atomic E-state index is 10.1. The number of aliphatic carboxylic acids is 2. The number of aliphatic hydroxyl groups is 2. The van der Waals surface area contributed by atoms with Crippen molar-refractivity contribution in [2.24, 2.45) is 9.98 Å². The van der Waals surface area contributed by atoms with Crippen molar-refractivity contribution in [1.82, 2.24) is 0 Å². The van der Waals surface area contributed by atoms with Crippen LogP contribution in [0, 0.1) is 0 Å². The number of hydrogen-bond acceptors (Lipinski definition) is 10. The van der Waals surface area contributed by atoms with E-state index in [1.807, 2.05) is 24.3 Å². The largest absolute Gasteiger partial charge is 0.481 e. The van der Waals surface area contributed by atoms with Crippen molar-refractivity contribution < 1.29 is 49.1 Å². The van der Waals surface area contributed by atoms with E-state index in [4.69, 9.17) is 25.2 Å². The van der Waals surface area contributed by atoms with E-state index in [0.29, 0.717) is 30.3 Å². The summed E-state index contributed by atoms with van der Waals surface area (Å²) in [7, 11) is 0. The lowest BCUT2D eigenvalue weighted by molar-refractivity contribution is -0.139. The summed E-state index contributed by atoms with van der Waals surface area (Å²) in [6, 6.07) is 14.7. The number of hydrogen-bond donors (Lipinski definition) is 4. The molecule has 2 aromatic rings. The topological polar surface area (TPSA) is 199 Å². The number of nitrogens with zero attached hydrogens (tertiary/aromatic N) is 2. The quantitative estimate of drug-likeness (QED) is 0.121. The van der Waals surface area contributed by atoms with Crippen LogP contribution in [-0.2, 0) is 35.1 Å². The van der Waals surface area contributed by atoms with Crippen LogP contribution in [0.3, 0.4) is 0 Å². The van der Waals surface area contributed by atoms with Crippen LogP contribution in [0.5, 0.6) is 0 Å². The minimum Gasteiger partial charge on any atom is -0.481 e. The number of unbranched alkanes of at least 4 members (excludes halogenated alkanes) is 2. The first-order valence-corrected chi connectivity index (χ1v) is 13.4. The predicted molar refractivity (Wildman–Crippen MR) is 155 cm³/mol. The number of aliphatic imine (C=N–C) groups is 2. The minimum absolute atomic E-state index is 0.0628. The zero-order chi connectivity index (χ0) is 31.4. The maximum Gasteiger partial charge on any atom is 0.303 e. The summed E-state index contributed by atoms with van der Waals surface area (Å²) in [6.45, 7) is 5.43. The van der Waals surface area contributed by atoms with Crippen molar-refractivity contribution in [2.75, 3.05) is 33.0 Å². The summed E-state index contributed by atoms with van der Waals surface area (Å²) in [5.74, 6) is -1.74. The molecular formula is C30H40N2O10. The van der Waals surface area contributed by atoms with Crippen LogP contribution in [0.25, 0.3) is 0 Å². The molecule has 0 saturated carbocycles. The number of aliphatic hydroxyl groups excluding tert-OH is 2. The summed E-state index contributed by atoms with van der Waals surface area (Å²) in [4.78, 5) is 47.1. The summed E-state index contributed by atoms with van der Waals surface area (Å²) in [6.07, 6.45) is 6.81. The summed E-state index contributed by atoms with van der Waals surface area (Å²) < 4.78 is 9.21. The molecule has 2 aliphatic rings. The van der Waals surface area contributed by atoms with Crippen LogP contribution < -0.4 is 0 Å². The average molecular weight is 589 g/mol. The minimum atomic E-state index is -0.870. The van der Waals surface area contributed by atoms with Gasteiger partial charge in [-0.3, -0.25) is 9.59 Å². The van der Waals surface area contributed by atoms with E-state index in [2.05, 4.69) is 21.6 Å². The Hall–Kier alpha value is -4.02. The van der Waals surface area contributed by atoms with Gasteiger partial charge in [0, 0.05) is 26.1 Å². The van der Waals surface area contributed by atoms with Gasteiger partial charge in [0.05, 0.1) is 37.3 Å². The van der Waals surface area contributed by atoms with Crippen LogP contribution in [-0.4, -0.2) is 83.7 Å². The van der Waals surface area contributed by atoms with Crippen LogP contribution in [0.1, 0.15) is 56.6 Å². The van der Waals surface area contributed by atoms with Gasteiger partial charge in [0.2, 0.25) is 12.2 Å². The lowest BCUT2D eigenvalue weighted by Gasteiger charge is -2.02. The number of carboxylic acid groups (broad SMARTS) is 2. The molecule has 2 fully saturated rings. The Kier molecular flexibility index (Phi) is 23.4. The first-order chi connectivity index (χ1) is 20.2. The third-order valence-corrected chi connectivity index (χ3v) is 4.93. The highest BCUT2D eigenvalue weighted by molar-refractivity contribution is 5.67. The molecule has 1 atom stereocenters. The van der Waals surface area contributed by atoms with Crippen molar-refractivity contribution >= 4 is 35.5 Å². The number of carbonyl (C=O) groups is 2. The fourth-order valence-electron chi connectivity index (χ4n) is 2.59. The Morgan fingerprint density at radius 2 is 1.10 bits per heavy atom. The highest BCUT2D eigenvalue weighted by atomic mass is 16.6. The number of ether oxygens (including phenoxy) is 2. The number of benzene rings is 2. The Morgan fingerprint density at radius 3 is 1.31 bits per heavy atom. The number of carboxylic acids is 2. The molecule has 0 bridgehead atoms. The lowest BCUT2D eigenvalue weighted by Crippen LogP contribution is -1.97. The lowest BCUT2D eigenvalue weighted by atomic mass is 10.0. The zero-order valence-electron chi connectivity index (χ0n) is 23.8. The van der Waals surface area contributed by atoms with Gasteiger partial charge in [0.25, 0.3) is 0 Å². The van der Waals surface area contributed by atoms with Crippen molar-refractivity contribution in [3.63, 3.8) is 0 Å². The van der Waals surface area contributed by atoms with Gasteiger partial charge in [-0.25, -0.2) is 9.59 Å². The fraction of sp³-hybridized carbons (Fsp3) is 0.467. The Balaban J connectivity index is 0.000000603. The Labute approximate surface area is 245 Å². The summed E-state index contributed by atoms with van der Waals surface area (Å²) >= 11 is 0. The zero-order valence-corrected chi connectivity index (χ0v) is 23.8. The molecule has 1 unspecified atom stereocenters. The van der Waals surface area contributed by atoms with Gasteiger partial charge in [-0.1, -0.05) is 24.3 Å². The number of isocyanates is 2. The summed E-state index contributed by atoms with van der Waals surface area (Å²) in [5, 5.41) is 32.4. The van der Waals surface area contributed by atoms with Gasteiger partial charge >= 0.3 is 11.9 Å². The van der Waals surface area contributed by atoms with Gasteiger partial charge in [0.15, 0.2) is 0 Å². The van der Waals surface area contributed by atoms with Gasteiger partial charge in [-0.05, 0) is 74.4 Å². The van der Waals surface area contributed by atoms with E-state index in [9.17, 15) is 19.2 Å². The molecule has 0 amide bonds. The van der Waals surface area contributed by atoms with E-state index in [-0.39, 0.29) is 26.1 Å². The molecule has 0 aliphatic carbocycles. The van der Waals surface area contributed by atoms with Crippen LogP contribution >= 0.6 is 0 Å². The number of carbonyl (C=O) groups excluding carboxylic acids is 2. The molecule has 0 aromatic heterocycles. The molecule has 2 aliphatic heterocycles. The monoisotopic (exact) mass is 588 g/mol. The molecule has 0 radical (unpaired) electrons. The standard InChI is InChI=1S/C15H10N2O2.C6H10O4.C4H10O2.C3H6O.C2H4O/c18-10-16-14-5-1-12(2-6-14)9-13-3-7-15(8-4-13)17-11-19;7-5(8)3-1-2-4-6(9)10;5-3-1-2-4-6;1-3-2-4-3;1-2-3-1/h1-8H,9H2;1-4H2,(H,7,8)(H,9,10);5-6H,1-4H2;3H,2H2,1H3;1-2H2. The van der Waals surface area contributed by atoms with Crippen molar-refractivity contribution in [2.45, 2.75) is 58.0 Å². The highest BCUT2D eigenvalue weighted by Crippen LogP contribution is 2.17. The van der Waals surface area contributed by atoms with Gasteiger partial charge < -0.3 is 29.9 Å². The second kappa shape index (κ2) is 25.9. The second-order valence-corrected chi connectivity index (χ2v) is 8.82. The van der Waals surface area contributed by atoms with Crippen molar-refractivity contribution in [3.8, 4) is 0 Å². The molecule has 2 heterocycles. The highest BCUT2D eigenvalue weighted by Gasteiger charge is 2.13. The molecule has 2 saturated heterocycles. The smallest absolute Gasteiger partial charge is 0.303 e. The fourth-order valence-corrected chi connectivity index (χ4v) is 2.59. The van der Waals surface area contributed by atoms with Crippen molar-refractivity contribution in [3.05, 3.63) is 59.7 Å². The van der Waals surface area contributed by atoms with Crippen LogP contribution in [0.4, 0.5) is 11.4 Å². The molecule has 4 rings (SSSR count). The van der Waals surface area contributed by atoms with Gasteiger partial charge in [0.1, 0.15) is 0 Å². The molecule has 4 N–H and O–H groups in total. The average Bonchev–Trinajstić information content (AvgIpc) is 3.90. The third kappa shape index (κ3) is 27.5. The van der Waals surface area contributed by atoms with E-state index in [0.717, 1.165) is 50.2 Å². The van der Waals surface area contributed by atoms with E-state index >= 15 is 0 Å². The Bertz CT molecular complexity index is 1010. The summed E-state index contributed by atoms with van der Waals surface area (Å²) in [5.41, 5.74) is 3.40. The van der Waals surface area contributed by atoms with E-state index in [1.165, 1.54) is 12.2 Å². The SMILES string of the molecule is C1CO1.CC1CO1.O=C(O)CCCCC(=O)O.O=C=Nc1ccc(Cc2ccc(N=C=O)cc2)cc1.OCCCCO. The molecule has 2 aromatic carbocycles. The third-order valence-electron chi connectivity index (χ3n) is 4.93. The molecule has 0 spiro atoms.